The number of nitrogens with zero attached hydrogens (tertiary/aromatic N) is 1. The maximum atomic E-state index is 13.1. The van der Waals surface area contributed by atoms with E-state index in [0.717, 1.165) is 5.56 Å². The van der Waals surface area contributed by atoms with E-state index in [1.165, 1.54) is 0 Å². The van der Waals surface area contributed by atoms with E-state index < -0.39 is 11.9 Å². The number of carboxylic acids is 1. The molecule has 1 heterocycles. The maximum Gasteiger partial charge on any atom is 0.308 e. The van der Waals surface area contributed by atoms with Gasteiger partial charge in [0.25, 0.3) is 11.8 Å². The largest absolute Gasteiger partial charge is 0.481 e. The number of nitrogens with one attached hydrogen (secondary N) is 1. The van der Waals surface area contributed by atoms with E-state index >= 15 is 0 Å². The number of carbonyl (C=O) groups excluding carboxylic acids is 2. The molecule has 6 nitrogen and oxygen atoms in total. The van der Waals surface area contributed by atoms with Crippen LogP contribution in [-0.4, -0.2) is 40.9 Å². The molecule has 2 unspecified atom stereocenters. The number of benzene rings is 2. The molecule has 0 spiro atoms. The Morgan fingerprint density at radius 2 is 1.82 bits per heavy atom. The summed E-state index contributed by atoms with van der Waals surface area (Å²) in [7, 11) is 0. The summed E-state index contributed by atoms with van der Waals surface area (Å²) in [6.07, 6.45) is 0.560. The molecule has 1 fully saturated rings. The number of hydrogen-bond acceptors (Lipinski definition) is 3. The van der Waals surface area contributed by atoms with Crippen molar-refractivity contribution in [3.8, 4) is 0 Å². The van der Waals surface area contributed by atoms with Gasteiger partial charge >= 0.3 is 5.97 Å². The molecule has 146 valence electrons. The van der Waals surface area contributed by atoms with Gasteiger partial charge < -0.3 is 15.3 Å². The fraction of sp³-hybridized carbons (Fsp3) is 0.318. The van der Waals surface area contributed by atoms with Crippen LogP contribution in [0, 0.1) is 18.8 Å². The second-order valence-electron chi connectivity index (χ2n) is 7.46. The van der Waals surface area contributed by atoms with Gasteiger partial charge in [0, 0.05) is 18.7 Å². The van der Waals surface area contributed by atoms with E-state index in [2.05, 4.69) is 5.32 Å². The summed E-state index contributed by atoms with van der Waals surface area (Å²) < 4.78 is 0. The number of aryl methyl sites for hydroxylation is 1. The molecular weight excluding hydrogens is 356 g/mol. The van der Waals surface area contributed by atoms with E-state index in [-0.39, 0.29) is 24.3 Å². The number of piperidine rings is 1. The Balaban J connectivity index is 1.82. The summed E-state index contributed by atoms with van der Waals surface area (Å²) in [4.78, 5) is 38.7. The van der Waals surface area contributed by atoms with Crippen LogP contribution < -0.4 is 5.32 Å². The molecule has 2 aromatic carbocycles. The van der Waals surface area contributed by atoms with Crippen molar-refractivity contribution in [3.63, 3.8) is 0 Å². The first kappa shape index (κ1) is 19.6. The molecule has 3 rings (SSSR count). The van der Waals surface area contributed by atoms with Gasteiger partial charge in [-0.2, -0.15) is 0 Å². The van der Waals surface area contributed by atoms with Gasteiger partial charge in [-0.1, -0.05) is 36.8 Å². The molecule has 2 atom stereocenters. The highest BCUT2D eigenvalue weighted by Crippen LogP contribution is 2.26. The summed E-state index contributed by atoms with van der Waals surface area (Å²) in [5, 5.41) is 12.2. The van der Waals surface area contributed by atoms with Crippen molar-refractivity contribution in [1.82, 2.24) is 4.90 Å². The summed E-state index contributed by atoms with van der Waals surface area (Å²) in [5.41, 5.74) is 2.27. The van der Waals surface area contributed by atoms with Gasteiger partial charge in [-0.25, -0.2) is 0 Å². The highest BCUT2D eigenvalue weighted by molar-refractivity contribution is 6.09. The van der Waals surface area contributed by atoms with Crippen molar-refractivity contribution < 1.29 is 19.5 Å². The zero-order chi connectivity index (χ0) is 20.3. The first-order chi connectivity index (χ1) is 13.3. The normalized spacial score (nSPS) is 19.1. The predicted octanol–water partition coefficient (Wildman–Crippen LogP) is 3.43. The van der Waals surface area contributed by atoms with Gasteiger partial charge in [0.15, 0.2) is 0 Å². The van der Waals surface area contributed by atoms with Crippen molar-refractivity contribution in [3.05, 3.63) is 65.2 Å². The Morgan fingerprint density at radius 3 is 2.54 bits per heavy atom. The number of para-hydroxylation sites is 1. The molecular formula is C22H24N2O4. The van der Waals surface area contributed by atoms with Crippen LogP contribution in [0.5, 0.6) is 0 Å². The van der Waals surface area contributed by atoms with Crippen LogP contribution in [-0.2, 0) is 4.79 Å². The number of anilines is 1. The molecule has 6 heteroatoms. The summed E-state index contributed by atoms with van der Waals surface area (Å²) in [6.45, 7) is 4.53. The average molecular weight is 380 g/mol. The van der Waals surface area contributed by atoms with Gasteiger partial charge in [-0.3, -0.25) is 14.4 Å². The quantitative estimate of drug-likeness (QED) is 0.851. The van der Waals surface area contributed by atoms with Gasteiger partial charge in [0.1, 0.15) is 0 Å². The molecule has 1 saturated heterocycles. The Bertz CT molecular complexity index is 909. The van der Waals surface area contributed by atoms with Crippen LogP contribution in [0.4, 0.5) is 5.69 Å². The standard InChI is InChI=1S/C22H24N2O4/c1-14-6-5-7-16(10-14)20(25)23-19-9-4-3-8-18(19)21(26)24-12-15(2)11-17(13-24)22(27)28/h3-10,15,17H,11-13H2,1-2H3,(H,23,25)(H,27,28). The topological polar surface area (TPSA) is 86.7 Å². The first-order valence-corrected chi connectivity index (χ1v) is 9.34. The highest BCUT2D eigenvalue weighted by atomic mass is 16.4. The summed E-state index contributed by atoms with van der Waals surface area (Å²) in [5.74, 6) is -1.91. The maximum absolute atomic E-state index is 13.1. The third-order valence-corrected chi connectivity index (χ3v) is 4.98. The van der Waals surface area contributed by atoms with E-state index in [9.17, 15) is 19.5 Å². The molecule has 2 N–H and O–H groups in total. The van der Waals surface area contributed by atoms with Crippen LogP contribution in [0.1, 0.15) is 39.6 Å². The monoisotopic (exact) mass is 380 g/mol. The molecule has 0 saturated carbocycles. The van der Waals surface area contributed by atoms with Crippen LogP contribution in [0.2, 0.25) is 0 Å². The fourth-order valence-electron chi connectivity index (χ4n) is 3.63. The number of hydrogen-bond donors (Lipinski definition) is 2. The Morgan fingerprint density at radius 1 is 1.07 bits per heavy atom. The van der Waals surface area contributed by atoms with Crippen LogP contribution in [0.25, 0.3) is 0 Å². The van der Waals surface area contributed by atoms with E-state index in [1.807, 2.05) is 26.0 Å². The Labute approximate surface area is 164 Å². The number of likely N-dealkylation sites (tertiary alicyclic amines) is 1. The minimum absolute atomic E-state index is 0.104. The van der Waals surface area contributed by atoms with E-state index in [0.29, 0.717) is 29.8 Å². The summed E-state index contributed by atoms with van der Waals surface area (Å²) in [6, 6.07) is 14.0. The van der Waals surface area contributed by atoms with Gasteiger partial charge in [-0.15, -0.1) is 0 Å². The van der Waals surface area contributed by atoms with Gasteiger partial charge in [0.2, 0.25) is 0 Å². The van der Waals surface area contributed by atoms with E-state index in [4.69, 9.17) is 0 Å². The van der Waals surface area contributed by atoms with Crippen LogP contribution in [0.15, 0.2) is 48.5 Å². The zero-order valence-electron chi connectivity index (χ0n) is 16.0. The van der Waals surface area contributed by atoms with Crippen LogP contribution in [0.3, 0.4) is 0 Å². The fourth-order valence-corrected chi connectivity index (χ4v) is 3.63. The van der Waals surface area contributed by atoms with Crippen molar-refractivity contribution in [2.45, 2.75) is 20.3 Å². The average Bonchev–Trinajstić information content (AvgIpc) is 2.67. The molecule has 28 heavy (non-hydrogen) atoms. The number of carbonyl (C=O) groups is 3. The minimum Gasteiger partial charge on any atom is -0.481 e. The second-order valence-corrected chi connectivity index (χ2v) is 7.46. The smallest absolute Gasteiger partial charge is 0.308 e. The van der Waals surface area contributed by atoms with Gasteiger partial charge in [0.05, 0.1) is 17.2 Å². The molecule has 0 aromatic heterocycles. The number of amides is 2. The van der Waals surface area contributed by atoms with E-state index in [1.54, 1.807) is 41.3 Å². The Kier molecular flexibility index (Phi) is 5.78. The molecule has 0 radical (unpaired) electrons. The zero-order valence-corrected chi connectivity index (χ0v) is 16.0. The molecule has 0 aliphatic carbocycles. The molecule has 1 aliphatic rings. The van der Waals surface area contributed by atoms with Crippen molar-refractivity contribution in [1.29, 1.82) is 0 Å². The minimum atomic E-state index is -0.884. The molecule has 2 amide bonds. The highest BCUT2D eigenvalue weighted by Gasteiger charge is 2.33. The third-order valence-electron chi connectivity index (χ3n) is 4.98. The lowest BCUT2D eigenvalue weighted by molar-refractivity contribution is -0.143. The Hall–Kier alpha value is -3.15. The SMILES string of the molecule is Cc1cccc(C(=O)Nc2ccccc2C(=O)N2CC(C)CC(C(=O)O)C2)c1. The first-order valence-electron chi connectivity index (χ1n) is 9.34. The number of aliphatic carboxylic acids is 1. The predicted molar refractivity (Wildman–Crippen MR) is 106 cm³/mol. The lowest BCUT2D eigenvalue weighted by atomic mass is 9.90. The van der Waals surface area contributed by atoms with Gasteiger partial charge in [-0.05, 0) is 43.5 Å². The molecule has 2 aromatic rings. The molecule has 0 bridgehead atoms. The number of carboxylic acid groups (broad SMARTS) is 1. The number of rotatable bonds is 4. The summed E-state index contributed by atoms with van der Waals surface area (Å²) >= 11 is 0. The molecule has 1 aliphatic heterocycles. The lowest BCUT2D eigenvalue weighted by Crippen LogP contribution is -2.45. The van der Waals surface area contributed by atoms with Crippen molar-refractivity contribution in [2.24, 2.45) is 11.8 Å². The van der Waals surface area contributed by atoms with Crippen molar-refractivity contribution in [2.75, 3.05) is 18.4 Å². The van der Waals surface area contributed by atoms with Crippen LogP contribution >= 0.6 is 0 Å². The lowest BCUT2D eigenvalue weighted by Gasteiger charge is -2.35. The third kappa shape index (κ3) is 4.39. The second kappa shape index (κ2) is 8.25. The van der Waals surface area contributed by atoms with Crippen molar-refractivity contribution >= 4 is 23.5 Å².